The van der Waals surface area contributed by atoms with E-state index in [1.54, 1.807) is 7.11 Å². The summed E-state index contributed by atoms with van der Waals surface area (Å²) in [4.78, 5) is 2.55. The van der Waals surface area contributed by atoms with Gasteiger partial charge in [0.05, 0.1) is 7.11 Å². The summed E-state index contributed by atoms with van der Waals surface area (Å²) < 4.78 is 5.16. The molecule has 2 rings (SSSR count). The second-order valence-corrected chi connectivity index (χ2v) is 5.35. The highest BCUT2D eigenvalue weighted by atomic mass is 35.5. The first kappa shape index (κ1) is 13.7. The number of hydrogen-bond acceptors (Lipinski definition) is 2. The molecule has 1 aromatic carbocycles. The highest BCUT2D eigenvalue weighted by Crippen LogP contribution is 2.19. The number of ether oxygens (including phenoxy) is 1. The first-order valence-corrected chi connectivity index (χ1v) is 7.26. The summed E-state index contributed by atoms with van der Waals surface area (Å²) in [7, 11) is 1.70. The zero-order valence-electron chi connectivity index (χ0n) is 11.1. The van der Waals surface area contributed by atoms with E-state index in [1.807, 2.05) is 12.1 Å². The fourth-order valence-corrected chi connectivity index (χ4v) is 2.75. The number of hydrogen-bond donors (Lipinski definition) is 0. The molecule has 3 heteroatoms. The molecule has 1 aliphatic rings. The second-order valence-electron chi connectivity index (χ2n) is 5.04. The van der Waals surface area contributed by atoms with Crippen LogP contribution >= 0.6 is 11.6 Å². The van der Waals surface area contributed by atoms with Crippen LogP contribution in [0.2, 0.25) is 0 Å². The van der Waals surface area contributed by atoms with Gasteiger partial charge in [-0.05, 0) is 56.0 Å². The Morgan fingerprint density at radius 2 is 1.89 bits per heavy atom. The molecular formula is C15H22ClNO. The van der Waals surface area contributed by atoms with Crippen LogP contribution in [0.3, 0.4) is 0 Å². The van der Waals surface area contributed by atoms with E-state index in [0.717, 1.165) is 30.5 Å². The minimum absolute atomic E-state index is 0.740. The number of rotatable bonds is 5. The van der Waals surface area contributed by atoms with E-state index < -0.39 is 0 Å². The van der Waals surface area contributed by atoms with Crippen molar-refractivity contribution < 1.29 is 4.74 Å². The highest BCUT2D eigenvalue weighted by Gasteiger charge is 2.17. The predicted molar refractivity (Wildman–Crippen MR) is 76.6 cm³/mol. The lowest BCUT2D eigenvalue weighted by atomic mass is 9.98. The van der Waals surface area contributed by atoms with Crippen molar-refractivity contribution in [1.82, 2.24) is 4.90 Å². The van der Waals surface area contributed by atoms with E-state index in [9.17, 15) is 0 Å². The summed E-state index contributed by atoms with van der Waals surface area (Å²) >= 11 is 5.90. The molecule has 0 spiro atoms. The molecule has 0 saturated carbocycles. The fourth-order valence-electron chi connectivity index (χ4n) is 2.44. The minimum Gasteiger partial charge on any atom is -0.497 e. The molecule has 0 atom stereocenters. The second kappa shape index (κ2) is 7.01. The van der Waals surface area contributed by atoms with Crippen LogP contribution in [0, 0.1) is 5.92 Å². The van der Waals surface area contributed by atoms with E-state index >= 15 is 0 Å². The van der Waals surface area contributed by atoms with Crippen molar-refractivity contribution in [2.24, 2.45) is 5.92 Å². The molecule has 0 radical (unpaired) electrons. The van der Waals surface area contributed by atoms with E-state index in [4.69, 9.17) is 16.3 Å². The Morgan fingerprint density at radius 3 is 2.44 bits per heavy atom. The number of alkyl halides is 1. The number of piperidine rings is 1. The van der Waals surface area contributed by atoms with Gasteiger partial charge in [-0.25, -0.2) is 0 Å². The van der Waals surface area contributed by atoms with Gasteiger partial charge in [0, 0.05) is 12.4 Å². The molecule has 1 heterocycles. The molecule has 0 N–H and O–H groups in total. The monoisotopic (exact) mass is 267 g/mol. The molecule has 0 aromatic heterocycles. The quantitative estimate of drug-likeness (QED) is 0.760. The number of halogens is 1. The van der Waals surface area contributed by atoms with E-state index in [-0.39, 0.29) is 0 Å². The van der Waals surface area contributed by atoms with Crippen molar-refractivity contribution in [2.45, 2.75) is 19.3 Å². The van der Waals surface area contributed by atoms with Crippen LogP contribution in [-0.2, 0) is 6.42 Å². The van der Waals surface area contributed by atoms with Crippen LogP contribution in [-0.4, -0.2) is 37.5 Å². The largest absolute Gasteiger partial charge is 0.497 e. The smallest absolute Gasteiger partial charge is 0.118 e. The molecule has 2 nitrogen and oxygen atoms in total. The molecule has 0 unspecified atom stereocenters. The van der Waals surface area contributed by atoms with E-state index in [0.29, 0.717) is 0 Å². The summed E-state index contributed by atoms with van der Waals surface area (Å²) in [6, 6.07) is 8.39. The SMILES string of the molecule is COc1ccc(CCN2CCC(CCl)CC2)cc1. The van der Waals surface area contributed by atoms with Crippen LogP contribution < -0.4 is 4.74 Å². The zero-order valence-corrected chi connectivity index (χ0v) is 11.8. The molecule has 1 saturated heterocycles. The molecule has 0 amide bonds. The predicted octanol–water partition coefficient (Wildman–Crippen LogP) is 3.19. The third-order valence-electron chi connectivity index (χ3n) is 3.80. The molecule has 1 aliphatic heterocycles. The lowest BCUT2D eigenvalue weighted by Gasteiger charge is -2.30. The Labute approximate surface area is 115 Å². The third-order valence-corrected chi connectivity index (χ3v) is 4.24. The number of methoxy groups -OCH3 is 1. The normalized spacial score (nSPS) is 17.9. The molecule has 0 bridgehead atoms. The van der Waals surface area contributed by atoms with Crippen LogP contribution in [0.15, 0.2) is 24.3 Å². The first-order valence-electron chi connectivity index (χ1n) is 6.73. The Hall–Kier alpha value is -0.730. The van der Waals surface area contributed by atoms with Gasteiger partial charge in [-0.1, -0.05) is 12.1 Å². The molecule has 1 fully saturated rings. The van der Waals surface area contributed by atoms with Gasteiger partial charge in [0.15, 0.2) is 0 Å². The Morgan fingerprint density at radius 1 is 1.22 bits per heavy atom. The van der Waals surface area contributed by atoms with Gasteiger partial charge in [-0.2, -0.15) is 0 Å². The Balaban J connectivity index is 1.74. The minimum atomic E-state index is 0.740. The third kappa shape index (κ3) is 3.89. The summed E-state index contributed by atoms with van der Waals surface area (Å²) in [5.41, 5.74) is 1.38. The maximum atomic E-state index is 5.90. The van der Waals surface area contributed by atoms with Gasteiger partial charge in [0.1, 0.15) is 5.75 Å². The Kier molecular flexibility index (Phi) is 5.33. The summed E-state index contributed by atoms with van der Waals surface area (Å²) in [5.74, 6) is 2.50. The maximum absolute atomic E-state index is 5.90. The number of benzene rings is 1. The van der Waals surface area contributed by atoms with Crippen LogP contribution in [0.5, 0.6) is 5.75 Å². The Bertz CT molecular complexity index is 344. The number of nitrogens with zero attached hydrogens (tertiary/aromatic N) is 1. The average molecular weight is 268 g/mol. The van der Waals surface area contributed by atoms with Gasteiger partial charge in [-0.3, -0.25) is 0 Å². The molecular weight excluding hydrogens is 246 g/mol. The number of likely N-dealkylation sites (tertiary alicyclic amines) is 1. The zero-order chi connectivity index (χ0) is 12.8. The molecule has 0 aliphatic carbocycles. The van der Waals surface area contributed by atoms with Crippen molar-refractivity contribution in [3.05, 3.63) is 29.8 Å². The van der Waals surface area contributed by atoms with Crippen molar-refractivity contribution in [1.29, 1.82) is 0 Å². The lowest BCUT2D eigenvalue weighted by Crippen LogP contribution is -2.35. The highest BCUT2D eigenvalue weighted by molar-refractivity contribution is 6.18. The van der Waals surface area contributed by atoms with Gasteiger partial charge in [0.25, 0.3) is 0 Å². The summed E-state index contributed by atoms with van der Waals surface area (Å²) in [6.45, 7) is 3.56. The lowest BCUT2D eigenvalue weighted by molar-refractivity contribution is 0.196. The topological polar surface area (TPSA) is 12.5 Å². The van der Waals surface area contributed by atoms with Gasteiger partial charge < -0.3 is 9.64 Å². The van der Waals surface area contributed by atoms with Crippen LogP contribution in [0.4, 0.5) is 0 Å². The summed E-state index contributed by atoms with van der Waals surface area (Å²) in [6.07, 6.45) is 3.63. The van der Waals surface area contributed by atoms with Crippen molar-refractivity contribution >= 4 is 11.6 Å². The summed E-state index contributed by atoms with van der Waals surface area (Å²) in [5, 5.41) is 0. The fraction of sp³-hybridized carbons (Fsp3) is 0.600. The molecule has 18 heavy (non-hydrogen) atoms. The van der Waals surface area contributed by atoms with Crippen LogP contribution in [0.25, 0.3) is 0 Å². The van der Waals surface area contributed by atoms with Gasteiger partial charge in [-0.15, -0.1) is 11.6 Å². The average Bonchev–Trinajstić information content (AvgIpc) is 2.46. The van der Waals surface area contributed by atoms with Gasteiger partial charge >= 0.3 is 0 Å². The maximum Gasteiger partial charge on any atom is 0.118 e. The van der Waals surface area contributed by atoms with Crippen molar-refractivity contribution in [3.63, 3.8) is 0 Å². The van der Waals surface area contributed by atoms with Crippen molar-refractivity contribution in [3.8, 4) is 5.75 Å². The van der Waals surface area contributed by atoms with Crippen LogP contribution in [0.1, 0.15) is 18.4 Å². The van der Waals surface area contributed by atoms with E-state index in [2.05, 4.69) is 17.0 Å². The molecule has 100 valence electrons. The van der Waals surface area contributed by atoms with Gasteiger partial charge in [0.2, 0.25) is 0 Å². The standard InChI is InChI=1S/C15H22ClNO/c1-18-15-4-2-13(3-5-15)6-9-17-10-7-14(12-16)8-11-17/h2-5,14H,6-12H2,1H3. The molecule has 1 aromatic rings. The first-order chi connectivity index (χ1) is 8.81. The van der Waals surface area contributed by atoms with E-state index in [1.165, 1.54) is 31.5 Å². The van der Waals surface area contributed by atoms with Crippen molar-refractivity contribution in [2.75, 3.05) is 32.6 Å².